The monoisotopic (exact) mass is 328 g/mol. The van der Waals surface area contributed by atoms with Crippen molar-refractivity contribution in [2.24, 2.45) is 11.8 Å². The zero-order chi connectivity index (χ0) is 17.1. The van der Waals surface area contributed by atoms with Gasteiger partial charge in [-0.2, -0.15) is 0 Å². The van der Waals surface area contributed by atoms with Crippen LogP contribution in [0.2, 0.25) is 0 Å². The minimum atomic E-state index is -1.00. The molecule has 0 N–H and O–H groups in total. The predicted molar refractivity (Wildman–Crippen MR) is 90.0 cm³/mol. The molecule has 0 unspecified atom stereocenters. The molecule has 4 nitrogen and oxygen atoms in total. The number of hydrogen-bond acceptors (Lipinski definition) is 4. The summed E-state index contributed by atoms with van der Waals surface area (Å²) < 4.78 is 11.0. The summed E-state index contributed by atoms with van der Waals surface area (Å²) in [7, 11) is 0. The van der Waals surface area contributed by atoms with Gasteiger partial charge in [-0.25, -0.2) is 4.79 Å². The second kappa shape index (κ2) is 7.20. The van der Waals surface area contributed by atoms with Crippen molar-refractivity contribution in [2.75, 3.05) is 0 Å². The molecule has 24 heavy (non-hydrogen) atoms. The molecule has 0 radical (unpaired) electrons. The van der Waals surface area contributed by atoms with Crippen molar-refractivity contribution in [3.8, 4) is 0 Å². The van der Waals surface area contributed by atoms with E-state index in [0.717, 1.165) is 19.3 Å². The highest BCUT2D eigenvalue weighted by molar-refractivity contribution is 5.80. The van der Waals surface area contributed by atoms with Crippen molar-refractivity contribution in [3.05, 3.63) is 48.0 Å². The smallest absolute Gasteiger partial charge is 0.352 e. The summed E-state index contributed by atoms with van der Waals surface area (Å²) in [6.07, 6.45) is 4.20. The molecule has 0 aromatic heterocycles. The first kappa shape index (κ1) is 16.7. The molecule has 1 aromatic rings. The van der Waals surface area contributed by atoms with Crippen LogP contribution in [0.4, 0.5) is 0 Å². The third kappa shape index (κ3) is 3.53. The number of esters is 2. The summed E-state index contributed by atoms with van der Waals surface area (Å²) in [5.74, 6) is -0.142. The van der Waals surface area contributed by atoms with Gasteiger partial charge in [0.1, 0.15) is 6.10 Å². The van der Waals surface area contributed by atoms with Crippen LogP contribution < -0.4 is 0 Å². The van der Waals surface area contributed by atoms with Gasteiger partial charge in [-0.3, -0.25) is 4.79 Å². The van der Waals surface area contributed by atoms with Gasteiger partial charge in [0.05, 0.1) is 0 Å². The SMILES string of the molecule is C=C1C[C@H](OC(=O)[C@@H](OC(C)=O)c2ccccc2)[C@H]2CCCC[C@@H]12. The molecule has 2 saturated carbocycles. The average molecular weight is 328 g/mol. The predicted octanol–water partition coefficient (Wildman–Crippen LogP) is 3.97. The van der Waals surface area contributed by atoms with Crippen molar-refractivity contribution in [3.63, 3.8) is 0 Å². The van der Waals surface area contributed by atoms with Gasteiger partial charge < -0.3 is 9.47 Å². The quantitative estimate of drug-likeness (QED) is 0.620. The third-order valence-corrected chi connectivity index (χ3v) is 5.15. The zero-order valence-electron chi connectivity index (χ0n) is 14.1. The number of benzene rings is 1. The topological polar surface area (TPSA) is 52.6 Å². The maximum absolute atomic E-state index is 12.7. The lowest BCUT2D eigenvalue weighted by Crippen LogP contribution is -2.30. The molecule has 0 saturated heterocycles. The van der Waals surface area contributed by atoms with Crippen molar-refractivity contribution in [1.82, 2.24) is 0 Å². The van der Waals surface area contributed by atoms with Crippen LogP contribution in [0, 0.1) is 11.8 Å². The van der Waals surface area contributed by atoms with E-state index in [0.29, 0.717) is 17.4 Å². The highest BCUT2D eigenvalue weighted by atomic mass is 16.6. The van der Waals surface area contributed by atoms with Crippen molar-refractivity contribution < 1.29 is 19.1 Å². The Labute approximate surface area is 142 Å². The largest absolute Gasteiger partial charge is 0.459 e. The highest BCUT2D eigenvalue weighted by Crippen LogP contribution is 2.46. The summed E-state index contributed by atoms with van der Waals surface area (Å²) in [4.78, 5) is 24.1. The molecular weight excluding hydrogens is 304 g/mol. The molecule has 0 heterocycles. The molecule has 2 aliphatic rings. The summed E-state index contributed by atoms with van der Waals surface area (Å²) in [6.45, 7) is 5.47. The Balaban J connectivity index is 1.73. The maximum atomic E-state index is 12.7. The standard InChI is InChI=1S/C20H24O4/c1-13-12-18(17-11-7-6-10-16(13)17)24-20(22)19(23-14(2)21)15-8-4-3-5-9-15/h3-5,8-9,16-19H,1,6-7,10-12H2,2H3/t16-,17-,18-,19-/m0/s1. The van der Waals surface area contributed by atoms with Gasteiger partial charge >= 0.3 is 11.9 Å². The van der Waals surface area contributed by atoms with Crippen molar-refractivity contribution in [1.29, 1.82) is 0 Å². The van der Waals surface area contributed by atoms with E-state index < -0.39 is 18.0 Å². The van der Waals surface area contributed by atoms with Crippen LogP contribution in [-0.4, -0.2) is 18.0 Å². The molecule has 0 amide bonds. The molecule has 4 atom stereocenters. The number of ether oxygens (including phenoxy) is 2. The van der Waals surface area contributed by atoms with E-state index in [9.17, 15) is 9.59 Å². The van der Waals surface area contributed by atoms with Crippen LogP contribution >= 0.6 is 0 Å². The van der Waals surface area contributed by atoms with E-state index in [1.54, 1.807) is 12.1 Å². The summed E-state index contributed by atoms with van der Waals surface area (Å²) in [5.41, 5.74) is 1.83. The minimum Gasteiger partial charge on any atom is -0.459 e. The fourth-order valence-electron chi connectivity index (χ4n) is 4.06. The highest BCUT2D eigenvalue weighted by Gasteiger charge is 2.43. The summed E-state index contributed by atoms with van der Waals surface area (Å²) in [5, 5.41) is 0. The molecule has 2 aliphatic carbocycles. The molecule has 2 fully saturated rings. The summed E-state index contributed by atoms with van der Waals surface area (Å²) in [6, 6.07) is 9.02. The van der Waals surface area contributed by atoms with Crippen LogP contribution in [0.5, 0.6) is 0 Å². The number of rotatable bonds is 4. The van der Waals surface area contributed by atoms with Crippen LogP contribution in [-0.2, 0) is 19.1 Å². The van der Waals surface area contributed by atoms with Gasteiger partial charge in [0, 0.05) is 24.8 Å². The number of carbonyl (C=O) groups is 2. The fraction of sp³-hybridized carbons (Fsp3) is 0.500. The molecule has 3 rings (SSSR count). The van der Waals surface area contributed by atoms with E-state index in [2.05, 4.69) is 6.58 Å². The van der Waals surface area contributed by atoms with Crippen LogP contribution in [0.3, 0.4) is 0 Å². The van der Waals surface area contributed by atoms with Gasteiger partial charge in [-0.05, 0) is 18.8 Å². The van der Waals surface area contributed by atoms with Crippen molar-refractivity contribution >= 4 is 11.9 Å². The zero-order valence-corrected chi connectivity index (χ0v) is 14.1. The lowest BCUT2D eigenvalue weighted by molar-refractivity contribution is -0.172. The molecule has 4 heteroatoms. The molecule has 0 aliphatic heterocycles. The molecule has 128 valence electrons. The van der Waals surface area contributed by atoms with Gasteiger partial charge in [-0.15, -0.1) is 0 Å². The average Bonchev–Trinajstić information content (AvgIpc) is 2.89. The van der Waals surface area contributed by atoms with E-state index in [-0.39, 0.29) is 6.10 Å². The first-order chi connectivity index (χ1) is 11.6. The van der Waals surface area contributed by atoms with Gasteiger partial charge in [0.15, 0.2) is 0 Å². The number of hydrogen-bond donors (Lipinski definition) is 0. The van der Waals surface area contributed by atoms with Gasteiger partial charge in [0.25, 0.3) is 0 Å². The molecule has 1 aromatic carbocycles. The first-order valence-electron chi connectivity index (χ1n) is 8.66. The molecule has 0 bridgehead atoms. The van der Waals surface area contributed by atoms with Crippen LogP contribution in [0.1, 0.15) is 50.7 Å². The Morgan fingerprint density at radius 2 is 1.88 bits per heavy atom. The normalized spacial score (nSPS) is 27.2. The Hall–Kier alpha value is -2.10. The second-order valence-electron chi connectivity index (χ2n) is 6.79. The fourth-order valence-corrected chi connectivity index (χ4v) is 4.06. The Bertz CT molecular complexity index is 622. The van der Waals surface area contributed by atoms with Crippen LogP contribution in [0.15, 0.2) is 42.5 Å². The third-order valence-electron chi connectivity index (χ3n) is 5.15. The van der Waals surface area contributed by atoms with E-state index in [1.165, 1.54) is 25.3 Å². The Morgan fingerprint density at radius 1 is 1.17 bits per heavy atom. The van der Waals surface area contributed by atoms with E-state index in [1.807, 2.05) is 18.2 Å². The lowest BCUT2D eigenvalue weighted by Gasteiger charge is -2.29. The van der Waals surface area contributed by atoms with E-state index >= 15 is 0 Å². The Morgan fingerprint density at radius 3 is 2.58 bits per heavy atom. The number of carbonyl (C=O) groups excluding carboxylic acids is 2. The number of fused-ring (bicyclic) bond motifs is 1. The minimum absolute atomic E-state index is 0.142. The lowest BCUT2D eigenvalue weighted by atomic mass is 9.80. The molecule has 0 spiro atoms. The molecular formula is C20H24O4. The van der Waals surface area contributed by atoms with E-state index in [4.69, 9.17) is 9.47 Å². The van der Waals surface area contributed by atoms with Crippen molar-refractivity contribution in [2.45, 2.75) is 51.2 Å². The van der Waals surface area contributed by atoms with Gasteiger partial charge in [-0.1, -0.05) is 55.3 Å². The Kier molecular flexibility index (Phi) is 5.03. The van der Waals surface area contributed by atoms with Gasteiger partial charge in [0.2, 0.25) is 6.10 Å². The second-order valence-corrected chi connectivity index (χ2v) is 6.79. The van der Waals surface area contributed by atoms with Crippen LogP contribution in [0.25, 0.3) is 0 Å². The summed E-state index contributed by atoms with van der Waals surface area (Å²) >= 11 is 0. The maximum Gasteiger partial charge on any atom is 0.352 e. The first-order valence-corrected chi connectivity index (χ1v) is 8.66.